The first-order valence-electron chi connectivity index (χ1n) is 30.7. The number of aliphatic hydroxyl groups is 4. The summed E-state index contributed by atoms with van der Waals surface area (Å²) < 4.78 is 48.0. The Morgan fingerprint density at radius 3 is 1.37 bits per heavy atom. The molecular weight excluding hydrogens is 943 g/mol. The van der Waals surface area contributed by atoms with Crippen LogP contribution in [0.25, 0.3) is 0 Å². The molecule has 1 aliphatic rings. The van der Waals surface area contributed by atoms with Gasteiger partial charge in [0.2, 0.25) is 5.91 Å². The number of rotatable bonds is 54. The Hall–Kier alpha value is -1.42. The Balaban J connectivity index is 2.31. The van der Waals surface area contributed by atoms with Gasteiger partial charge in [0.15, 0.2) is 6.29 Å². The SMILES string of the molecule is CC/C=C\C/C=C\CCCCCCCCCCCCCCCCC(=O)NC(COC1OC(CO)C(O)C(OS(=O)(=O)O)C1O)C(O)CCCCCCCCCCCCCCCCCCCCCCCCCCC. The lowest BCUT2D eigenvalue weighted by atomic mass is 9.99. The predicted molar refractivity (Wildman–Crippen MR) is 301 cm³/mol. The van der Waals surface area contributed by atoms with Gasteiger partial charge < -0.3 is 35.2 Å². The molecule has 0 aromatic rings. The van der Waals surface area contributed by atoms with Gasteiger partial charge in [0.25, 0.3) is 0 Å². The van der Waals surface area contributed by atoms with E-state index in [-0.39, 0.29) is 12.5 Å². The lowest BCUT2D eigenvalue weighted by Crippen LogP contribution is -2.61. The number of hydrogen-bond acceptors (Lipinski definition) is 10. The zero-order valence-electron chi connectivity index (χ0n) is 47.0. The molecule has 12 nitrogen and oxygen atoms in total. The Morgan fingerprint density at radius 1 is 0.562 bits per heavy atom. The van der Waals surface area contributed by atoms with Crippen molar-refractivity contribution in [2.24, 2.45) is 0 Å². The molecule has 0 radical (unpaired) electrons. The zero-order valence-corrected chi connectivity index (χ0v) is 47.8. The number of unbranched alkanes of at least 4 members (excludes halogenated alkanes) is 38. The van der Waals surface area contributed by atoms with Crippen molar-refractivity contribution in [3.8, 4) is 0 Å². The number of allylic oxidation sites excluding steroid dienone is 4. The smallest absolute Gasteiger partial charge is 0.394 e. The van der Waals surface area contributed by atoms with Crippen LogP contribution >= 0.6 is 0 Å². The molecule has 0 aromatic carbocycles. The molecule has 0 aliphatic carbocycles. The van der Waals surface area contributed by atoms with Crippen LogP contribution in [-0.2, 0) is 28.9 Å². The lowest BCUT2D eigenvalue weighted by Gasteiger charge is -2.41. The standard InChI is InChI=1S/C60H115NO11S/c1-3-5-7-9-11-13-15-17-19-21-23-25-26-27-28-30-31-33-35-37-39-41-43-45-47-49-54(63)53(52-70-60-58(66)59(72-73(67,68)69)57(65)55(51-62)71-60)61-56(64)50-48-46-44-42-40-38-36-34-32-29-24-22-20-18-16-14-12-10-8-6-4-2/h6,8,12,14,53-55,57-60,62-63,65-66H,3-5,7,9-11,13,15-52H2,1-2H3,(H,61,64)(H,67,68,69)/b8-6-,14-12-. The second kappa shape index (κ2) is 50.1. The minimum absolute atomic E-state index is 0.226. The monoisotopic (exact) mass is 1060 g/mol. The van der Waals surface area contributed by atoms with E-state index in [1.807, 2.05) is 0 Å². The van der Waals surface area contributed by atoms with Crippen molar-refractivity contribution in [1.82, 2.24) is 5.32 Å². The van der Waals surface area contributed by atoms with E-state index in [4.69, 9.17) is 9.47 Å². The van der Waals surface area contributed by atoms with Crippen LogP contribution in [0.1, 0.15) is 296 Å². The maximum Gasteiger partial charge on any atom is 0.397 e. The van der Waals surface area contributed by atoms with Gasteiger partial charge in [-0.3, -0.25) is 9.35 Å². The lowest BCUT2D eigenvalue weighted by molar-refractivity contribution is -0.298. The number of aliphatic hydroxyl groups excluding tert-OH is 4. The van der Waals surface area contributed by atoms with Gasteiger partial charge in [-0.2, -0.15) is 8.42 Å². The third-order valence-electron chi connectivity index (χ3n) is 14.8. The molecule has 0 bridgehead atoms. The van der Waals surface area contributed by atoms with Crippen LogP contribution < -0.4 is 5.32 Å². The summed E-state index contributed by atoms with van der Waals surface area (Å²) in [5, 5.41) is 45.2. The summed E-state index contributed by atoms with van der Waals surface area (Å²) >= 11 is 0. The van der Waals surface area contributed by atoms with E-state index in [2.05, 4.69) is 47.7 Å². The summed E-state index contributed by atoms with van der Waals surface area (Å²) in [4.78, 5) is 13.2. The maximum absolute atomic E-state index is 13.2. The highest BCUT2D eigenvalue weighted by Crippen LogP contribution is 2.26. The molecule has 7 atom stereocenters. The van der Waals surface area contributed by atoms with Crippen LogP contribution in [-0.4, -0.2) is 95.4 Å². The number of hydrogen-bond donors (Lipinski definition) is 6. The molecule has 7 unspecified atom stereocenters. The zero-order chi connectivity index (χ0) is 53.3. The van der Waals surface area contributed by atoms with Crippen LogP contribution in [0.2, 0.25) is 0 Å². The summed E-state index contributed by atoms with van der Waals surface area (Å²) in [7, 11) is -5.08. The molecule has 0 saturated carbocycles. The van der Waals surface area contributed by atoms with E-state index < -0.39 is 59.9 Å². The van der Waals surface area contributed by atoms with Gasteiger partial charge in [-0.1, -0.05) is 276 Å². The van der Waals surface area contributed by atoms with Gasteiger partial charge in [0.1, 0.15) is 24.4 Å². The van der Waals surface area contributed by atoms with E-state index in [1.165, 1.54) is 205 Å². The fraction of sp³-hybridized carbons (Fsp3) is 0.917. The van der Waals surface area contributed by atoms with Crippen LogP contribution in [0.3, 0.4) is 0 Å². The first-order valence-corrected chi connectivity index (χ1v) is 32.1. The average molecular weight is 1060 g/mol. The first kappa shape index (κ1) is 69.6. The number of carbonyl (C=O) groups is 1. The number of amides is 1. The Kier molecular flexibility index (Phi) is 47.8. The van der Waals surface area contributed by atoms with Crippen molar-refractivity contribution < 1.29 is 51.8 Å². The molecule has 1 fully saturated rings. The van der Waals surface area contributed by atoms with E-state index in [0.29, 0.717) is 12.8 Å². The average Bonchev–Trinajstić information content (AvgIpc) is 3.37. The number of ether oxygens (including phenoxy) is 2. The highest BCUT2D eigenvalue weighted by molar-refractivity contribution is 7.80. The Labute approximate surface area is 448 Å². The van der Waals surface area contributed by atoms with Crippen LogP contribution in [0.5, 0.6) is 0 Å². The molecule has 0 spiro atoms. The van der Waals surface area contributed by atoms with Gasteiger partial charge in [0.05, 0.1) is 25.4 Å². The molecule has 6 N–H and O–H groups in total. The maximum atomic E-state index is 13.2. The molecule has 1 amide bonds. The molecule has 1 aliphatic heterocycles. The molecular formula is C60H115NO11S. The van der Waals surface area contributed by atoms with Crippen molar-refractivity contribution in [3.63, 3.8) is 0 Å². The van der Waals surface area contributed by atoms with E-state index >= 15 is 0 Å². The van der Waals surface area contributed by atoms with Crippen molar-refractivity contribution >= 4 is 16.3 Å². The third kappa shape index (κ3) is 42.3. The van der Waals surface area contributed by atoms with Gasteiger partial charge in [0, 0.05) is 6.42 Å². The highest BCUT2D eigenvalue weighted by Gasteiger charge is 2.48. The number of nitrogens with one attached hydrogen (secondary N) is 1. The largest absolute Gasteiger partial charge is 0.397 e. The molecule has 0 aromatic heterocycles. The van der Waals surface area contributed by atoms with E-state index in [0.717, 1.165) is 64.2 Å². The summed E-state index contributed by atoms with van der Waals surface area (Å²) in [5.41, 5.74) is 0. The Bertz CT molecular complexity index is 1380. The van der Waals surface area contributed by atoms with Crippen LogP contribution in [0, 0.1) is 0 Å². The van der Waals surface area contributed by atoms with E-state index in [1.54, 1.807) is 0 Å². The fourth-order valence-electron chi connectivity index (χ4n) is 10.1. The van der Waals surface area contributed by atoms with Gasteiger partial charge >= 0.3 is 10.4 Å². The van der Waals surface area contributed by atoms with E-state index in [9.17, 15) is 38.2 Å². The molecule has 432 valence electrons. The van der Waals surface area contributed by atoms with Crippen LogP contribution in [0.15, 0.2) is 24.3 Å². The van der Waals surface area contributed by atoms with Gasteiger partial charge in [-0.25, -0.2) is 4.18 Å². The normalized spacial score (nSPS) is 19.4. The Morgan fingerprint density at radius 2 is 0.959 bits per heavy atom. The van der Waals surface area contributed by atoms with Crippen molar-refractivity contribution in [2.45, 2.75) is 339 Å². The molecule has 1 rings (SSSR count). The quantitative estimate of drug-likeness (QED) is 0.0193. The predicted octanol–water partition coefficient (Wildman–Crippen LogP) is 14.8. The van der Waals surface area contributed by atoms with Crippen molar-refractivity contribution in [2.75, 3.05) is 13.2 Å². The summed E-state index contributed by atoms with van der Waals surface area (Å²) in [6.07, 6.45) is 53.3. The van der Waals surface area contributed by atoms with Crippen molar-refractivity contribution in [1.29, 1.82) is 0 Å². The topological polar surface area (TPSA) is 192 Å². The van der Waals surface area contributed by atoms with Crippen LogP contribution in [0.4, 0.5) is 0 Å². The first-order chi connectivity index (χ1) is 35.5. The minimum Gasteiger partial charge on any atom is -0.394 e. The molecule has 73 heavy (non-hydrogen) atoms. The highest BCUT2D eigenvalue weighted by atomic mass is 32.3. The minimum atomic E-state index is -5.08. The molecule has 13 heteroatoms. The summed E-state index contributed by atoms with van der Waals surface area (Å²) in [5.74, 6) is -0.226. The van der Waals surface area contributed by atoms with Gasteiger partial charge in [-0.05, 0) is 38.5 Å². The second-order valence-electron chi connectivity index (χ2n) is 21.6. The summed E-state index contributed by atoms with van der Waals surface area (Å²) in [6, 6.07) is -0.858. The molecule has 1 saturated heterocycles. The second-order valence-corrected chi connectivity index (χ2v) is 22.7. The number of carbonyl (C=O) groups excluding carboxylic acids is 1. The molecule has 1 heterocycles. The van der Waals surface area contributed by atoms with Gasteiger partial charge in [-0.15, -0.1) is 0 Å². The van der Waals surface area contributed by atoms with Crippen molar-refractivity contribution in [3.05, 3.63) is 24.3 Å². The third-order valence-corrected chi connectivity index (χ3v) is 15.2. The fourth-order valence-corrected chi connectivity index (χ4v) is 10.6. The summed E-state index contributed by atoms with van der Waals surface area (Å²) in [6.45, 7) is 3.40.